The Labute approximate surface area is 115 Å². The third-order valence-corrected chi connectivity index (χ3v) is 3.51. The van der Waals surface area contributed by atoms with Gasteiger partial charge >= 0.3 is 0 Å². The van der Waals surface area contributed by atoms with Crippen molar-refractivity contribution in [1.29, 1.82) is 0 Å². The van der Waals surface area contributed by atoms with Gasteiger partial charge in [-0.05, 0) is 18.4 Å². The Morgan fingerprint density at radius 1 is 1.21 bits per heavy atom. The molecule has 0 spiro atoms. The monoisotopic (exact) mass is 261 g/mol. The molecular formula is C15H23N3O. The van der Waals surface area contributed by atoms with Crippen LogP contribution in [0.15, 0.2) is 30.3 Å². The highest BCUT2D eigenvalue weighted by Crippen LogP contribution is 2.09. The fraction of sp³-hybridized carbons (Fsp3) is 0.533. The Hall–Kier alpha value is -1.39. The zero-order valence-electron chi connectivity index (χ0n) is 11.4. The SMILES string of the molecule is NCCN(CC(=O)N1CCCC1)Cc1ccccc1. The van der Waals surface area contributed by atoms with E-state index in [4.69, 9.17) is 5.73 Å². The summed E-state index contributed by atoms with van der Waals surface area (Å²) in [5.74, 6) is 0.238. The molecule has 1 saturated heterocycles. The van der Waals surface area contributed by atoms with Crippen molar-refractivity contribution >= 4 is 5.91 Å². The van der Waals surface area contributed by atoms with E-state index in [1.54, 1.807) is 0 Å². The maximum absolute atomic E-state index is 12.2. The zero-order valence-corrected chi connectivity index (χ0v) is 11.4. The molecule has 2 rings (SSSR count). The van der Waals surface area contributed by atoms with E-state index in [2.05, 4.69) is 17.0 Å². The summed E-state index contributed by atoms with van der Waals surface area (Å²) < 4.78 is 0. The first-order valence-corrected chi connectivity index (χ1v) is 7.03. The highest BCUT2D eigenvalue weighted by Gasteiger charge is 2.20. The van der Waals surface area contributed by atoms with Gasteiger partial charge in [-0.25, -0.2) is 0 Å². The van der Waals surface area contributed by atoms with Crippen molar-refractivity contribution in [2.45, 2.75) is 19.4 Å². The number of carbonyl (C=O) groups excluding carboxylic acids is 1. The van der Waals surface area contributed by atoms with Gasteiger partial charge in [0, 0.05) is 32.7 Å². The molecule has 104 valence electrons. The minimum Gasteiger partial charge on any atom is -0.342 e. The molecule has 19 heavy (non-hydrogen) atoms. The molecule has 0 unspecified atom stereocenters. The molecule has 0 radical (unpaired) electrons. The predicted octanol–water partition coefficient (Wildman–Crippen LogP) is 1.07. The molecule has 1 fully saturated rings. The summed E-state index contributed by atoms with van der Waals surface area (Å²) in [6, 6.07) is 10.2. The average molecular weight is 261 g/mol. The number of likely N-dealkylation sites (tertiary alicyclic amines) is 1. The second-order valence-electron chi connectivity index (χ2n) is 5.07. The zero-order chi connectivity index (χ0) is 13.5. The van der Waals surface area contributed by atoms with Crippen molar-refractivity contribution in [2.75, 3.05) is 32.7 Å². The van der Waals surface area contributed by atoms with Crippen LogP contribution in [0.4, 0.5) is 0 Å². The second kappa shape index (κ2) is 7.26. The molecule has 1 heterocycles. The molecule has 0 atom stereocenters. The quantitative estimate of drug-likeness (QED) is 0.833. The van der Waals surface area contributed by atoms with Crippen LogP contribution in [0.5, 0.6) is 0 Å². The van der Waals surface area contributed by atoms with Crippen LogP contribution in [0.2, 0.25) is 0 Å². The van der Waals surface area contributed by atoms with E-state index in [9.17, 15) is 4.79 Å². The van der Waals surface area contributed by atoms with Gasteiger partial charge in [-0.15, -0.1) is 0 Å². The van der Waals surface area contributed by atoms with Crippen LogP contribution in [0.1, 0.15) is 18.4 Å². The number of nitrogens with zero attached hydrogens (tertiary/aromatic N) is 2. The maximum Gasteiger partial charge on any atom is 0.236 e. The molecule has 0 aliphatic carbocycles. The van der Waals surface area contributed by atoms with Gasteiger partial charge in [-0.3, -0.25) is 9.69 Å². The van der Waals surface area contributed by atoms with Gasteiger partial charge < -0.3 is 10.6 Å². The number of rotatable bonds is 6. The molecular weight excluding hydrogens is 238 g/mol. The van der Waals surface area contributed by atoms with E-state index in [-0.39, 0.29) is 5.91 Å². The standard InChI is InChI=1S/C15H23N3O/c16-8-11-17(12-14-6-2-1-3-7-14)13-15(19)18-9-4-5-10-18/h1-3,6-7H,4-5,8-13,16H2. The first kappa shape index (κ1) is 14.0. The Bertz CT molecular complexity index is 388. The lowest BCUT2D eigenvalue weighted by Gasteiger charge is -2.24. The molecule has 1 amide bonds. The van der Waals surface area contributed by atoms with Gasteiger partial charge in [0.25, 0.3) is 0 Å². The van der Waals surface area contributed by atoms with Crippen molar-refractivity contribution in [3.63, 3.8) is 0 Å². The van der Waals surface area contributed by atoms with Crippen LogP contribution in [0.3, 0.4) is 0 Å². The smallest absolute Gasteiger partial charge is 0.236 e. The predicted molar refractivity (Wildman–Crippen MR) is 76.6 cm³/mol. The number of carbonyl (C=O) groups is 1. The minimum absolute atomic E-state index is 0.238. The van der Waals surface area contributed by atoms with E-state index in [1.165, 1.54) is 5.56 Å². The van der Waals surface area contributed by atoms with Crippen LogP contribution in [-0.4, -0.2) is 48.4 Å². The fourth-order valence-corrected chi connectivity index (χ4v) is 2.50. The Morgan fingerprint density at radius 2 is 1.89 bits per heavy atom. The van der Waals surface area contributed by atoms with Gasteiger partial charge in [0.05, 0.1) is 6.54 Å². The Kier molecular flexibility index (Phi) is 5.36. The molecule has 2 N–H and O–H groups in total. The number of amides is 1. The lowest BCUT2D eigenvalue weighted by molar-refractivity contribution is -0.131. The molecule has 1 aliphatic rings. The number of hydrogen-bond donors (Lipinski definition) is 1. The van der Waals surface area contributed by atoms with Crippen LogP contribution in [0.25, 0.3) is 0 Å². The fourth-order valence-electron chi connectivity index (χ4n) is 2.50. The molecule has 1 aromatic rings. The van der Waals surface area contributed by atoms with Crippen molar-refractivity contribution in [1.82, 2.24) is 9.80 Å². The number of hydrogen-bond acceptors (Lipinski definition) is 3. The number of nitrogens with two attached hydrogens (primary N) is 1. The van der Waals surface area contributed by atoms with E-state index < -0.39 is 0 Å². The highest BCUT2D eigenvalue weighted by atomic mass is 16.2. The summed E-state index contributed by atoms with van der Waals surface area (Å²) in [4.78, 5) is 16.3. The van der Waals surface area contributed by atoms with E-state index in [0.717, 1.165) is 39.0 Å². The summed E-state index contributed by atoms with van der Waals surface area (Å²) in [6.45, 7) is 4.44. The van der Waals surface area contributed by atoms with Crippen LogP contribution in [-0.2, 0) is 11.3 Å². The molecule has 4 nitrogen and oxygen atoms in total. The van der Waals surface area contributed by atoms with E-state index >= 15 is 0 Å². The average Bonchev–Trinajstić information content (AvgIpc) is 2.94. The van der Waals surface area contributed by atoms with Gasteiger partial charge in [0.15, 0.2) is 0 Å². The summed E-state index contributed by atoms with van der Waals surface area (Å²) in [5, 5.41) is 0. The normalized spacial score (nSPS) is 15.2. The first-order chi connectivity index (χ1) is 9.29. The largest absolute Gasteiger partial charge is 0.342 e. The Balaban J connectivity index is 1.90. The molecule has 1 aliphatic heterocycles. The van der Waals surface area contributed by atoms with Crippen molar-refractivity contribution < 1.29 is 4.79 Å². The van der Waals surface area contributed by atoms with E-state index in [1.807, 2.05) is 23.1 Å². The second-order valence-corrected chi connectivity index (χ2v) is 5.07. The summed E-state index contributed by atoms with van der Waals surface area (Å²) in [6.07, 6.45) is 2.28. The molecule has 0 bridgehead atoms. The van der Waals surface area contributed by atoms with Crippen molar-refractivity contribution in [3.8, 4) is 0 Å². The van der Waals surface area contributed by atoms with E-state index in [0.29, 0.717) is 13.1 Å². The molecule has 4 heteroatoms. The third kappa shape index (κ3) is 4.33. The first-order valence-electron chi connectivity index (χ1n) is 7.03. The molecule has 0 saturated carbocycles. The molecule has 0 aromatic heterocycles. The van der Waals surface area contributed by atoms with Gasteiger partial charge in [0.2, 0.25) is 5.91 Å². The molecule has 1 aromatic carbocycles. The third-order valence-electron chi connectivity index (χ3n) is 3.51. The minimum atomic E-state index is 0.238. The summed E-state index contributed by atoms with van der Waals surface area (Å²) in [5.41, 5.74) is 6.87. The summed E-state index contributed by atoms with van der Waals surface area (Å²) in [7, 11) is 0. The van der Waals surface area contributed by atoms with Crippen molar-refractivity contribution in [3.05, 3.63) is 35.9 Å². The topological polar surface area (TPSA) is 49.6 Å². The maximum atomic E-state index is 12.2. The summed E-state index contributed by atoms with van der Waals surface area (Å²) >= 11 is 0. The van der Waals surface area contributed by atoms with Crippen LogP contribution in [0, 0.1) is 0 Å². The van der Waals surface area contributed by atoms with Crippen LogP contribution < -0.4 is 5.73 Å². The van der Waals surface area contributed by atoms with Gasteiger partial charge in [0.1, 0.15) is 0 Å². The van der Waals surface area contributed by atoms with Gasteiger partial charge in [-0.2, -0.15) is 0 Å². The highest BCUT2D eigenvalue weighted by molar-refractivity contribution is 5.78. The Morgan fingerprint density at radius 3 is 2.53 bits per heavy atom. The van der Waals surface area contributed by atoms with Crippen LogP contribution >= 0.6 is 0 Å². The number of benzene rings is 1. The lowest BCUT2D eigenvalue weighted by Crippen LogP contribution is -2.40. The lowest BCUT2D eigenvalue weighted by atomic mass is 10.2. The van der Waals surface area contributed by atoms with Crippen molar-refractivity contribution in [2.24, 2.45) is 5.73 Å². The van der Waals surface area contributed by atoms with Gasteiger partial charge in [-0.1, -0.05) is 30.3 Å².